The number of likely N-dealkylation sites (tertiary alicyclic amines) is 1. The topological polar surface area (TPSA) is 85.8 Å². The molecule has 2 N–H and O–H groups in total. The maximum Gasteiger partial charge on any atom is 0.289 e. The predicted molar refractivity (Wildman–Crippen MR) is 96.5 cm³/mol. The van der Waals surface area contributed by atoms with Crippen molar-refractivity contribution in [1.82, 2.24) is 4.90 Å². The average molecular weight is 356 g/mol. The molecule has 3 rings (SSSR count). The van der Waals surface area contributed by atoms with Crippen molar-refractivity contribution in [3.05, 3.63) is 54.0 Å². The maximum atomic E-state index is 12.9. The lowest BCUT2D eigenvalue weighted by Crippen LogP contribution is -2.40. The van der Waals surface area contributed by atoms with E-state index >= 15 is 0 Å². The number of nitrogens with zero attached hydrogens (tertiary/aromatic N) is 1. The van der Waals surface area contributed by atoms with Crippen LogP contribution < -0.4 is 10.5 Å². The Kier molecular flexibility index (Phi) is 5.94. The van der Waals surface area contributed by atoms with E-state index in [1.54, 1.807) is 11.0 Å². The quantitative estimate of drug-likeness (QED) is 0.826. The summed E-state index contributed by atoms with van der Waals surface area (Å²) >= 11 is 0. The van der Waals surface area contributed by atoms with Crippen LogP contribution >= 0.6 is 0 Å². The summed E-state index contributed by atoms with van der Waals surface area (Å²) in [6.07, 6.45) is 4.54. The molecule has 1 saturated heterocycles. The van der Waals surface area contributed by atoms with Crippen LogP contribution in [0.5, 0.6) is 5.75 Å². The Balaban J connectivity index is 1.61. The number of amides is 2. The molecule has 6 nitrogen and oxygen atoms in total. The number of carbonyl (C=O) groups excluding carboxylic acids is 2. The number of carbonyl (C=O) groups is 2. The summed E-state index contributed by atoms with van der Waals surface area (Å²) in [5.41, 5.74) is 5.97. The highest BCUT2D eigenvalue weighted by Crippen LogP contribution is 2.24. The van der Waals surface area contributed by atoms with E-state index in [9.17, 15) is 9.59 Å². The summed E-state index contributed by atoms with van der Waals surface area (Å²) in [6, 6.07) is 11.2. The third-order valence-corrected chi connectivity index (χ3v) is 4.68. The largest absolute Gasteiger partial charge is 0.489 e. The molecule has 1 aromatic carbocycles. The van der Waals surface area contributed by atoms with Crippen LogP contribution in [-0.4, -0.2) is 29.8 Å². The van der Waals surface area contributed by atoms with Crippen LogP contribution in [0.3, 0.4) is 0 Å². The second-order valence-electron chi connectivity index (χ2n) is 6.64. The van der Waals surface area contributed by atoms with Crippen LogP contribution in [0, 0.1) is 5.92 Å². The van der Waals surface area contributed by atoms with Gasteiger partial charge < -0.3 is 19.8 Å². The monoisotopic (exact) mass is 356 g/mol. The lowest BCUT2D eigenvalue weighted by atomic mass is 9.93. The van der Waals surface area contributed by atoms with Crippen LogP contribution in [0.4, 0.5) is 0 Å². The maximum absolute atomic E-state index is 12.9. The molecule has 0 spiro atoms. The number of hydrogen-bond acceptors (Lipinski definition) is 4. The molecular weight excluding hydrogens is 332 g/mol. The first-order valence-corrected chi connectivity index (χ1v) is 8.95. The first-order valence-electron chi connectivity index (χ1n) is 8.95. The van der Waals surface area contributed by atoms with E-state index in [0.717, 1.165) is 30.6 Å². The zero-order valence-corrected chi connectivity index (χ0v) is 14.7. The van der Waals surface area contributed by atoms with Gasteiger partial charge in [-0.2, -0.15) is 0 Å². The smallest absolute Gasteiger partial charge is 0.289 e. The molecule has 1 unspecified atom stereocenters. The molecule has 1 atom stereocenters. The highest BCUT2D eigenvalue weighted by molar-refractivity contribution is 5.93. The van der Waals surface area contributed by atoms with Gasteiger partial charge in [0, 0.05) is 25.1 Å². The number of primary amides is 1. The Hall–Kier alpha value is -2.76. The van der Waals surface area contributed by atoms with Crippen molar-refractivity contribution >= 4 is 11.8 Å². The van der Waals surface area contributed by atoms with Crippen molar-refractivity contribution in [2.75, 3.05) is 13.1 Å². The Morgan fingerprint density at radius 1 is 1.23 bits per heavy atom. The Morgan fingerprint density at radius 2 is 2.04 bits per heavy atom. The van der Waals surface area contributed by atoms with Crippen LogP contribution in [-0.2, 0) is 11.4 Å². The lowest BCUT2D eigenvalue weighted by Gasteiger charge is -2.32. The Bertz CT molecular complexity index is 741. The van der Waals surface area contributed by atoms with Crippen LogP contribution in [0.2, 0.25) is 0 Å². The number of ether oxygens (including phenoxy) is 1. The zero-order chi connectivity index (χ0) is 18.4. The molecule has 0 bridgehead atoms. The normalized spacial score (nSPS) is 17.1. The summed E-state index contributed by atoms with van der Waals surface area (Å²) in [4.78, 5) is 25.7. The number of para-hydroxylation sites is 1. The molecule has 138 valence electrons. The molecule has 1 aromatic heterocycles. The van der Waals surface area contributed by atoms with Gasteiger partial charge in [0.25, 0.3) is 5.91 Å². The number of piperidine rings is 1. The van der Waals surface area contributed by atoms with Gasteiger partial charge in [-0.25, -0.2) is 0 Å². The third kappa shape index (κ3) is 4.65. The van der Waals surface area contributed by atoms with Gasteiger partial charge in [0.15, 0.2) is 5.76 Å². The summed E-state index contributed by atoms with van der Waals surface area (Å²) in [6.45, 7) is 1.61. The van der Waals surface area contributed by atoms with Gasteiger partial charge in [0.2, 0.25) is 5.91 Å². The zero-order valence-electron chi connectivity index (χ0n) is 14.7. The first-order chi connectivity index (χ1) is 12.6. The molecule has 1 aliphatic heterocycles. The molecule has 2 aromatic rings. The van der Waals surface area contributed by atoms with Gasteiger partial charge in [-0.1, -0.05) is 18.2 Å². The van der Waals surface area contributed by atoms with Gasteiger partial charge in [0.1, 0.15) is 12.4 Å². The van der Waals surface area contributed by atoms with Gasteiger partial charge >= 0.3 is 0 Å². The number of benzene rings is 1. The number of furan rings is 1. The SMILES string of the molecule is NC(=O)CCC1CCCN(C(=O)c2occc2COc2ccccc2)C1. The molecule has 0 saturated carbocycles. The fourth-order valence-electron chi connectivity index (χ4n) is 3.29. The van der Waals surface area contributed by atoms with Crippen molar-refractivity contribution in [1.29, 1.82) is 0 Å². The highest BCUT2D eigenvalue weighted by Gasteiger charge is 2.28. The van der Waals surface area contributed by atoms with Crippen molar-refractivity contribution in [2.24, 2.45) is 11.7 Å². The second-order valence-corrected chi connectivity index (χ2v) is 6.64. The summed E-state index contributed by atoms with van der Waals surface area (Å²) in [7, 11) is 0. The molecule has 26 heavy (non-hydrogen) atoms. The van der Waals surface area contributed by atoms with Crippen LogP contribution in [0.15, 0.2) is 47.1 Å². The fourth-order valence-corrected chi connectivity index (χ4v) is 3.29. The average Bonchev–Trinajstić information content (AvgIpc) is 3.14. The van der Waals surface area contributed by atoms with Crippen LogP contribution in [0.1, 0.15) is 41.8 Å². The minimum absolute atomic E-state index is 0.120. The Labute approximate surface area is 152 Å². The minimum atomic E-state index is -0.292. The van der Waals surface area contributed by atoms with E-state index in [4.69, 9.17) is 14.9 Å². The molecule has 2 amide bonds. The van der Waals surface area contributed by atoms with E-state index in [-0.39, 0.29) is 18.4 Å². The van der Waals surface area contributed by atoms with Gasteiger partial charge in [-0.05, 0) is 43.4 Å². The summed E-state index contributed by atoms with van der Waals surface area (Å²) < 4.78 is 11.2. The molecule has 6 heteroatoms. The molecule has 1 fully saturated rings. The molecular formula is C20H24N2O4. The molecule has 0 aliphatic carbocycles. The molecule has 2 heterocycles. The second kappa shape index (κ2) is 8.56. The van der Waals surface area contributed by atoms with E-state index in [1.165, 1.54) is 6.26 Å². The van der Waals surface area contributed by atoms with E-state index < -0.39 is 0 Å². The van der Waals surface area contributed by atoms with E-state index in [1.807, 2.05) is 30.3 Å². The fraction of sp³-hybridized carbons (Fsp3) is 0.400. The predicted octanol–water partition coefficient (Wildman–Crippen LogP) is 2.98. The highest BCUT2D eigenvalue weighted by atomic mass is 16.5. The van der Waals surface area contributed by atoms with Crippen molar-refractivity contribution in [3.63, 3.8) is 0 Å². The lowest BCUT2D eigenvalue weighted by molar-refractivity contribution is -0.118. The van der Waals surface area contributed by atoms with Gasteiger partial charge in [0.05, 0.1) is 6.26 Å². The summed E-state index contributed by atoms with van der Waals surface area (Å²) in [5.74, 6) is 0.970. The number of nitrogens with two attached hydrogens (primary N) is 1. The third-order valence-electron chi connectivity index (χ3n) is 4.68. The first kappa shape index (κ1) is 18.0. The van der Waals surface area contributed by atoms with E-state index in [0.29, 0.717) is 31.2 Å². The van der Waals surface area contributed by atoms with Crippen LogP contribution in [0.25, 0.3) is 0 Å². The van der Waals surface area contributed by atoms with Crippen molar-refractivity contribution in [3.8, 4) is 5.75 Å². The van der Waals surface area contributed by atoms with Crippen molar-refractivity contribution in [2.45, 2.75) is 32.3 Å². The van der Waals surface area contributed by atoms with Gasteiger partial charge in [-0.15, -0.1) is 0 Å². The molecule has 1 aliphatic rings. The standard InChI is InChI=1S/C20H24N2O4/c21-18(23)9-8-15-5-4-11-22(13-15)20(24)19-16(10-12-25-19)14-26-17-6-2-1-3-7-17/h1-3,6-7,10,12,15H,4-5,8-9,11,13-14H2,(H2,21,23). The summed E-state index contributed by atoms with van der Waals surface area (Å²) in [5, 5.41) is 0. The number of hydrogen-bond donors (Lipinski definition) is 1. The van der Waals surface area contributed by atoms with Crippen molar-refractivity contribution < 1.29 is 18.7 Å². The molecule has 0 radical (unpaired) electrons. The Morgan fingerprint density at radius 3 is 2.81 bits per heavy atom. The number of rotatable bonds is 7. The van der Waals surface area contributed by atoms with E-state index in [2.05, 4.69) is 0 Å². The minimum Gasteiger partial charge on any atom is -0.489 e. The van der Waals surface area contributed by atoms with Gasteiger partial charge in [-0.3, -0.25) is 9.59 Å².